The van der Waals surface area contributed by atoms with Crippen molar-refractivity contribution >= 4 is 17.2 Å². The average Bonchev–Trinajstić information content (AvgIpc) is 2.48. The second-order valence-electron chi connectivity index (χ2n) is 7.65. The van der Waals surface area contributed by atoms with Crippen LogP contribution in [0.2, 0.25) is 0 Å². The lowest BCUT2D eigenvalue weighted by molar-refractivity contribution is 0.161. The molecule has 0 heterocycles. The first-order valence-corrected chi connectivity index (χ1v) is 12.7. The van der Waals surface area contributed by atoms with Gasteiger partial charge >= 0.3 is 0 Å². The SMILES string of the molecule is CCCCPC1CC(PCCCC)CC(CCC)(CCC)C1. The summed E-state index contributed by atoms with van der Waals surface area (Å²) in [5.74, 6) is 0. The van der Waals surface area contributed by atoms with E-state index < -0.39 is 0 Å². The van der Waals surface area contributed by atoms with Crippen molar-refractivity contribution in [2.45, 2.75) is 110 Å². The summed E-state index contributed by atoms with van der Waals surface area (Å²) in [6, 6.07) is 0. The smallest absolute Gasteiger partial charge is 0.0225 e. The molecular formula is C20H42P2. The van der Waals surface area contributed by atoms with Crippen LogP contribution in [-0.2, 0) is 0 Å². The lowest BCUT2D eigenvalue weighted by Gasteiger charge is -2.45. The maximum Gasteiger partial charge on any atom is -0.0225 e. The van der Waals surface area contributed by atoms with E-state index in [4.69, 9.17) is 0 Å². The van der Waals surface area contributed by atoms with Crippen LogP contribution in [0, 0.1) is 5.41 Å². The normalized spacial score (nSPS) is 25.6. The maximum atomic E-state index is 2.41. The van der Waals surface area contributed by atoms with Gasteiger partial charge in [0.2, 0.25) is 0 Å². The maximum absolute atomic E-state index is 2.41. The highest BCUT2D eigenvalue weighted by molar-refractivity contribution is 7.40. The van der Waals surface area contributed by atoms with Gasteiger partial charge in [0.1, 0.15) is 0 Å². The van der Waals surface area contributed by atoms with Gasteiger partial charge in [-0.2, -0.15) is 0 Å². The Balaban J connectivity index is 2.64. The van der Waals surface area contributed by atoms with Crippen LogP contribution in [0.25, 0.3) is 0 Å². The van der Waals surface area contributed by atoms with E-state index in [-0.39, 0.29) is 0 Å². The summed E-state index contributed by atoms with van der Waals surface area (Å²) in [5, 5.41) is 0. The van der Waals surface area contributed by atoms with Crippen LogP contribution >= 0.6 is 17.2 Å². The highest BCUT2D eigenvalue weighted by Crippen LogP contribution is 2.52. The first-order valence-electron chi connectivity index (χ1n) is 10.2. The third kappa shape index (κ3) is 7.62. The summed E-state index contributed by atoms with van der Waals surface area (Å²) in [4.78, 5) is 0. The van der Waals surface area contributed by atoms with Crippen molar-refractivity contribution in [1.82, 2.24) is 0 Å². The van der Waals surface area contributed by atoms with Gasteiger partial charge in [-0.05, 0) is 74.0 Å². The second kappa shape index (κ2) is 12.3. The van der Waals surface area contributed by atoms with Gasteiger partial charge in [-0.15, -0.1) is 17.2 Å². The van der Waals surface area contributed by atoms with Crippen LogP contribution in [0.1, 0.15) is 98.3 Å². The molecular weight excluding hydrogens is 302 g/mol. The molecule has 0 nitrogen and oxygen atoms in total. The second-order valence-corrected chi connectivity index (χ2v) is 11.1. The number of hydrogen-bond donors (Lipinski definition) is 0. The largest absolute Gasteiger partial charge is 0.119 e. The molecule has 0 bridgehead atoms. The molecule has 0 aromatic rings. The molecule has 4 unspecified atom stereocenters. The molecule has 1 aliphatic rings. The van der Waals surface area contributed by atoms with E-state index in [2.05, 4.69) is 27.7 Å². The summed E-state index contributed by atoms with van der Waals surface area (Å²) in [5.41, 5.74) is 2.89. The van der Waals surface area contributed by atoms with E-state index in [0.29, 0.717) is 0 Å². The molecule has 22 heavy (non-hydrogen) atoms. The highest BCUT2D eigenvalue weighted by atomic mass is 31.1. The van der Waals surface area contributed by atoms with Crippen molar-refractivity contribution in [3.8, 4) is 0 Å². The minimum absolute atomic E-state index is 0.732. The lowest BCUT2D eigenvalue weighted by Crippen LogP contribution is -2.35. The van der Waals surface area contributed by atoms with Crippen molar-refractivity contribution in [3.05, 3.63) is 0 Å². The van der Waals surface area contributed by atoms with E-state index >= 15 is 0 Å². The predicted molar refractivity (Wildman–Crippen MR) is 110 cm³/mol. The van der Waals surface area contributed by atoms with Gasteiger partial charge in [0.25, 0.3) is 0 Å². The standard InChI is InChI=1S/C20H42P2/c1-5-9-13-21-18-15-19(22-14-10-6-2)17-20(16-18,11-7-3)12-8-4/h18-19,21-22H,5-17H2,1-4H3. The topological polar surface area (TPSA) is 0 Å². The Morgan fingerprint density at radius 1 is 0.727 bits per heavy atom. The Morgan fingerprint density at radius 2 is 1.18 bits per heavy atom. The molecule has 0 aromatic heterocycles. The van der Waals surface area contributed by atoms with Crippen LogP contribution in [0.4, 0.5) is 0 Å². The third-order valence-corrected chi connectivity index (χ3v) is 8.73. The van der Waals surface area contributed by atoms with E-state index in [1.54, 1.807) is 19.3 Å². The fourth-order valence-electron chi connectivity index (χ4n) is 4.51. The Kier molecular flexibility index (Phi) is 11.6. The zero-order valence-electron chi connectivity index (χ0n) is 15.8. The molecule has 0 radical (unpaired) electrons. The van der Waals surface area contributed by atoms with Gasteiger partial charge in [0.05, 0.1) is 0 Å². The van der Waals surface area contributed by atoms with Crippen molar-refractivity contribution < 1.29 is 0 Å². The van der Waals surface area contributed by atoms with E-state index in [9.17, 15) is 0 Å². The molecule has 132 valence electrons. The minimum atomic E-state index is 0.732. The van der Waals surface area contributed by atoms with Crippen LogP contribution in [0.5, 0.6) is 0 Å². The van der Waals surface area contributed by atoms with Gasteiger partial charge in [0, 0.05) is 0 Å². The summed E-state index contributed by atoms with van der Waals surface area (Å²) >= 11 is 0. The Morgan fingerprint density at radius 3 is 1.55 bits per heavy atom. The highest BCUT2D eigenvalue weighted by Gasteiger charge is 2.38. The minimum Gasteiger partial charge on any atom is -0.119 e. The molecule has 4 atom stereocenters. The molecule has 0 N–H and O–H groups in total. The molecule has 0 spiro atoms. The van der Waals surface area contributed by atoms with Crippen molar-refractivity contribution in [1.29, 1.82) is 0 Å². The van der Waals surface area contributed by atoms with Gasteiger partial charge in [0.15, 0.2) is 0 Å². The van der Waals surface area contributed by atoms with E-state index in [1.165, 1.54) is 80.9 Å². The Bertz CT molecular complexity index is 238. The first-order chi connectivity index (χ1) is 10.7. The average molecular weight is 345 g/mol. The summed E-state index contributed by atoms with van der Waals surface area (Å²) < 4.78 is 0. The lowest BCUT2D eigenvalue weighted by atomic mass is 9.68. The summed E-state index contributed by atoms with van der Waals surface area (Å²) in [7, 11) is 2.52. The van der Waals surface area contributed by atoms with Gasteiger partial charge in [-0.3, -0.25) is 0 Å². The van der Waals surface area contributed by atoms with Crippen LogP contribution < -0.4 is 0 Å². The van der Waals surface area contributed by atoms with Gasteiger partial charge in [-0.1, -0.05) is 53.4 Å². The fraction of sp³-hybridized carbons (Fsp3) is 1.00. The predicted octanol–water partition coefficient (Wildman–Crippen LogP) is 7.45. The quantitative estimate of drug-likeness (QED) is 0.255. The number of unbranched alkanes of at least 4 members (excludes halogenated alkanes) is 2. The monoisotopic (exact) mass is 344 g/mol. The molecule has 0 saturated heterocycles. The van der Waals surface area contributed by atoms with Gasteiger partial charge in [-0.25, -0.2) is 0 Å². The zero-order chi connectivity index (χ0) is 16.3. The Hall–Kier alpha value is 0.860. The molecule has 0 amide bonds. The van der Waals surface area contributed by atoms with E-state index in [0.717, 1.165) is 16.7 Å². The van der Waals surface area contributed by atoms with E-state index in [1.807, 2.05) is 0 Å². The molecule has 0 aliphatic heterocycles. The van der Waals surface area contributed by atoms with Gasteiger partial charge < -0.3 is 0 Å². The Labute approximate surface area is 144 Å². The molecule has 2 heteroatoms. The summed E-state index contributed by atoms with van der Waals surface area (Å²) in [6.45, 7) is 9.51. The number of rotatable bonds is 12. The molecule has 1 fully saturated rings. The van der Waals surface area contributed by atoms with Crippen molar-refractivity contribution in [2.24, 2.45) is 5.41 Å². The third-order valence-electron chi connectivity index (χ3n) is 5.42. The molecule has 1 saturated carbocycles. The molecule has 1 rings (SSSR count). The first kappa shape index (κ1) is 20.9. The molecule has 1 aliphatic carbocycles. The van der Waals surface area contributed by atoms with Crippen LogP contribution in [0.3, 0.4) is 0 Å². The summed E-state index contributed by atoms with van der Waals surface area (Å²) in [6.07, 6.45) is 19.3. The fourth-order valence-corrected chi connectivity index (χ4v) is 8.73. The number of hydrogen-bond acceptors (Lipinski definition) is 0. The van der Waals surface area contributed by atoms with Crippen molar-refractivity contribution in [2.75, 3.05) is 12.3 Å². The van der Waals surface area contributed by atoms with Crippen LogP contribution in [-0.4, -0.2) is 23.6 Å². The van der Waals surface area contributed by atoms with Crippen molar-refractivity contribution in [3.63, 3.8) is 0 Å². The zero-order valence-corrected chi connectivity index (χ0v) is 17.8. The molecule has 0 aromatic carbocycles. The van der Waals surface area contributed by atoms with Crippen LogP contribution in [0.15, 0.2) is 0 Å².